The fraction of sp³-hybridized carbons (Fsp3) is 0.200. The third-order valence-corrected chi connectivity index (χ3v) is 3.74. The van der Waals surface area contributed by atoms with Gasteiger partial charge in [0, 0.05) is 28.8 Å². The number of aliphatic hydroxyl groups excluding tert-OH is 1. The highest BCUT2D eigenvalue weighted by Crippen LogP contribution is 2.11. The zero-order chi connectivity index (χ0) is 20.7. The van der Waals surface area contributed by atoms with Crippen molar-refractivity contribution in [2.75, 3.05) is 0 Å². The summed E-state index contributed by atoms with van der Waals surface area (Å²) in [6, 6.07) is 10.7. The highest BCUT2D eigenvalue weighted by Gasteiger charge is 2.25. The monoisotopic (exact) mass is 399 g/mol. The summed E-state index contributed by atoms with van der Waals surface area (Å²) in [4.78, 5) is 33.8. The molecule has 2 aromatic rings. The summed E-state index contributed by atoms with van der Waals surface area (Å²) in [5, 5.41) is 31.1. The third kappa shape index (κ3) is 6.42. The number of amides is 2. The molecule has 152 valence electrons. The first-order valence-electron chi connectivity index (χ1n) is 8.11. The lowest BCUT2D eigenvalue weighted by Gasteiger charge is -2.19. The van der Waals surface area contributed by atoms with E-state index in [1.807, 2.05) is 0 Å². The van der Waals surface area contributed by atoms with Crippen molar-refractivity contribution < 1.29 is 24.8 Å². The molecule has 0 radical (unpaired) electrons. The zero-order valence-electron chi connectivity index (χ0n) is 14.7. The van der Waals surface area contributed by atoms with Gasteiger partial charge in [0.05, 0.1) is 11.0 Å². The Morgan fingerprint density at radius 1 is 1.03 bits per heavy atom. The van der Waals surface area contributed by atoms with Crippen LogP contribution in [0.4, 0.5) is 5.69 Å². The molecule has 2 rings (SSSR count). The van der Waals surface area contributed by atoms with Gasteiger partial charge in [-0.2, -0.15) is 0 Å². The number of carbonyl (C=O) groups excluding carboxylic acids is 2. The number of nitro groups is 1. The van der Waals surface area contributed by atoms with Crippen LogP contribution in [-0.2, 0) is 4.79 Å². The lowest BCUT2D eigenvalue weighted by molar-refractivity contribution is -0.384. The van der Waals surface area contributed by atoms with Crippen LogP contribution < -0.4 is 10.8 Å². The lowest BCUT2D eigenvalue weighted by atomic mass is 10.1. The molecule has 0 aliphatic rings. The van der Waals surface area contributed by atoms with Crippen molar-refractivity contribution in [3.63, 3.8) is 0 Å². The van der Waals surface area contributed by atoms with Crippen LogP contribution in [0.15, 0.2) is 48.5 Å². The second kappa shape index (κ2) is 10.6. The normalized spacial score (nSPS) is 11.7. The molecule has 0 heterocycles. The van der Waals surface area contributed by atoms with Crippen LogP contribution in [0.2, 0.25) is 0 Å². The Morgan fingerprint density at radius 3 is 1.93 bits per heavy atom. The second-order valence-electron chi connectivity index (χ2n) is 5.80. The third-order valence-electron chi connectivity index (χ3n) is 3.74. The Labute approximate surface area is 167 Å². The van der Waals surface area contributed by atoms with Crippen LogP contribution in [0, 0.1) is 22.0 Å². The molecule has 0 saturated carbocycles. The molecule has 2 aromatic carbocycles. The minimum Gasteiger partial charge on any atom is -0.391 e. The van der Waals surface area contributed by atoms with Crippen molar-refractivity contribution >= 4 is 17.5 Å². The molecular weight excluding hydrogens is 378 g/mol. The number of nitrogens with one attached hydrogen (secondary N) is 2. The van der Waals surface area contributed by atoms with Gasteiger partial charge >= 0.3 is 0 Å². The van der Waals surface area contributed by atoms with E-state index in [-0.39, 0.29) is 18.7 Å². The van der Waals surface area contributed by atoms with Gasteiger partial charge in [-0.3, -0.25) is 24.9 Å². The van der Waals surface area contributed by atoms with Crippen molar-refractivity contribution in [2.24, 2.45) is 0 Å². The smallest absolute Gasteiger partial charge is 0.269 e. The first kappa shape index (κ1) is 23.3. The molecule has 0 spiro atoms. The van der Waals surface area contributed by atoms with E-state index >= 15 is 0 Å². The molecule has 0 unspecified atom stereocenters. The van der Waals surface area contributed by atoms with Crippen molar-refractivity contribution in [1.82, 2.24) is 10.8 Å². The van der Waals surface area contributed by atoms with Gasteiger partial charge in [0.2, 0.25) is 0 Å². The molecule has 9 nitrogen and oxygen atoms in total. The molecule has 0 aliphatic heterocycles. The van der Waals surface area contributed by atoms with Gasteiger partial charge in [0.15, 0.2) is 0 Å². The molecule has 0 saturated heterocycles. The van der Waals surface area contributed by atoms with Crippen LogP contribution in [0.25, 0.3) is 0 Å². The van der Waals surface area contributed by atoms with Gasteiger partial charge in [-0.25, -0.2) is 5.48 Å². The van der Waals surface area contributed by atoms with Gasteiger partial charge < -0.3 is 10.4 Å². The minimum absolute atomic E-state index is 0. The van der Waals surface area contributed by atoms with Crippen LogP contribution in [-0.4, -0.2) is 39.2 Å². The maximum atomic E-state index is 12.2. The van der Waals surface area contributed by atoms with E-state index < -0.39 is 28.9 Å². The zero-order valence-corrected chi connectivity index (χ0v) is 14.7. The first-order chi connectivity index (χ1) is 13.3. The molecule has 0 bridgehead atoms. The van der Waals surface area contributed by atoms with Crippen molar-refractivity contribution in [1.29, 1.82) is 0 Å². The van der Waals surface area contributed by atoms with E-state index in [4.69, 9.17) is 5.21 Å². The predicted molar refractivity (Wildman–Crippen MR) is 105 cm³/mol. The van der Waals surface area contributed by atoms with Crippen LogP contribution in [0.1, 0.15) is 35.8 Å². The summed E-state index contributed by atoms with van der Waals surface area (Å²) in [6.07, 6.45) is -1.21. The summed E-state index contributed by atoms with van der Waals surface area (Å²) >= 11 is 0. The number of carbonyl (C=O) groups is 2. The highest BCUT2D eigenvalue weighted by molar-refractivity contribution is 5.97. The van der Waals surface area contributed by atoms with Crippen molar-refractivity contribution in [2.45, 2.75) is 26.5 Å². The molecule has 4 N–H and O–H groups in total. The Balaban J connectivity index is 0.00000420. The van der Waals surface area contributed by atoms with E-state index in [1.54, 1.807) is 12.1 Å². The van der Waals surface area contributed by atoms with Gasteiger partial charge in [-0.1, -0.05) is 19.3 Å². The van der Waals surface area contributed by atoms with Gasteiger partial charge in [-0.05, 0) is 43.3 Å². The quantitative estimate of drug-likeness (QED) is 0.260. The summed E-state index contributed by atoms with van der Waals surface area (Å²) in [5.74, 6) is 4.19. The number of rotatable bonds is 5. The Morgan fingerprint density at radius 2 is 1.52 bits per heavy atom. The summed E-state index contributed by atoms with van der Waals surface area (Å²) in [6.45, 7) is 1.30. The van der Waals surface area contributed by atoms with E-state index in [0.717, 1.165) is 0 Å². The van der Waals surface area contributed by atoms with E-state index in [0.29, 0.717) is 11.1 Å². The number of aliphatic hydroxyl groups is 1. The van der Waals surface area contributed by atoms with Crippen LogP contribution in [0.5, 0.6) is 0 Å². The predicted octanol–water partition coefficient (Wildman–Crippen LogP) is 1.62. The molecular formula is C20H21N3O6. The first-order valence-corrected chi connectivity index (χ1v) is 8.11. The molecule has 0 fully saturated rings. The summed E-state index contributed by atoms with van der Waals surface area (Å²) < 4.78 is 0. The maximum absolute atomic E-state index is 12.2. The largest absolute Gasteiger partial charge is 0.391 e. The molecule has 2 atom stereocenters. The molecule has 2 amide bonds. The molecule has 9 heteroatoms. The molecule has 0 aromatic heterocycles. The Bertz CT molecular complexity index is 927. The van der Waals surface area contributed by atoms with Gasteiger partial charge in [-0.15, -0.1) is 0 Å². The number of non-ortho nitro benzene ring substituents is 1. The number of hydrogen-bond donors (Lipinski definition) is 4. The minimum atomic E-state index is -1.31. The Kier molecular flexibility index (Phi) is 8.48. The van der Waals surface area contributed by atoms with E-state index in [2.05, 4.69) is 17.2 Å². The Hall–Kier alpha value is -3.74. The number of hydrogen-bond acceptors (Lipinski definition) is 6. The highest BCUT2D eigenvalue weighted by atomic mass is 16.6. The van der Waals surface area contributed by atoms with Crippen molar-refractivity contribution in [3.8, 4) is 11.8 Å². The average Bonchev–Trinajstić information content (AvgIpc) is 2.70. The van der Waals surface area contributed by atoms with Crippen LogP contribution >= 0.6 is 0 Å². The number of hydroxylamine groups is 1. The maximum Gasteiger partial charge on any atom is 0.269 e. The summed E-state index contributed by atoms with van der Waals surface area (Å²) in [5.41, 5.74) is 2.80. The van der Waals surface area contributed by atoms with E-state index in [1.165, 1.54) is 48.8 Å². The molecule has 0 aliphatic carbocycles. The molecule has 29 heavy (non-hydrogen) atoms. The summed E-state index contributed by atoms with van der Waals surface area (Å²) in [7, 11) is 0. The standard InChI is InChI=1S/C19H17N3O6.CH4/c1-12(23)17(19(25)21-26)20-18(24)15-8-4-13(5-9-15)2-3-14-6-10-16(11-7-14)22(27)28;/h4-12,17,23,26H,1H3,(H,20,24)(H,21,25);1H4/t12-,17+;/m1./s1. The fourth-order valence-electron chi connectivity index (χ4n) is 2.22. The number of nitro benzene ring substituents is 1. The van der Waals surface area contributed by atoms with Gasteiger partial charge in [0.25, 0.3) is 17.5 Å². The fourth-order valence-corrected chi connectivity index (χ4v) is 2.22. The van der Waals surface area contributed by atoms with Crippen LogP contribution in [0.3, 0.4) is 0 Å². The van der Waals surface area contributed by atoms with Crippen molar-refractivity contribution in [3.05, 3.63) is 75.3 Å². The van der Waals surface area contributed by atoms with E-state index in [9.17, 15) is 24.8 Å². The van der Waals surface area contributed by atoms with Gasteiger partial charge in [0.1, 0.15) is 6.04 Å². The number of benzene rings is 2. The lowest BCUT2D eigenvalue weighted by Crippen LogP contribution is -2.51. The topological polar surface area (TPSA) is 142 Å². The number of nitrogens with zero attached hydrogens (tertiary/aromatic N) is 1. The average molecular weight is 399 g/mol. The second-order valence-corrected chi connectivity index (χ2v) is 5.80. The SMILES string of the molecule is C.C[C@@H](O)[C@H](NC(=O)c1ccc(C#Cc2ccc([N+](=O)[O-])cc2)cc1)C(=O)NO.